The quantitative estimate of drug-likeness (QED) is 0.266. The number of benzene rings is 1. The third kappa shape index (κ3) is 2.29. The molecule has 0 heterocycles. The molecule has 1 aromatic carbocycles. The van der Waals surface area contributed by atoms with Crippen LogP contribution in [0, 0.1) is 10.1 Å². The Kier molecular flexibility index (Phi) is 3.11. The molecule has 58 valence electrons. The van der Waals surface area contributed by atoms with E-state index in [1.807, 2.05) is 0 Å². The largest absolute Gasteiger partial charge is 0.399 e. The van der Waals surface area contributed by atoms with Gasteiger partial charge in [-0.1, -0.05) is 6.07 Å². The van der Waals surface area contributed by atoms with Gasteiger partial charge >= 0.3 is 0 Å². The Morgan fingerprint density at radius 2 is 2.09 bits per heavy atom. The van der Waals surface area contributed by atoms with Crippen LogP contribution in [-0.4, -0.2) is 13.3 Å². The summed E-state index contributed by atoms with van der Waals surface area (Å²) in [6, 6.07) is 5.87. The second-order valence-corrected chi connectivity index (χ2v) is 1.85. The van der Waals surface area contributed by atoms with Crippen molar-refractivity contribution in [3.63, 3.8) is 0 Å². The maximum Gasteiger partial charge on any atom is 0.271 e. The highest BCUT2D eigenvalue weighted by Gasteiger charge is 2.02. The minimum absolute atomic E-state index is 0. The number of non-ortho nitro benzene ring substituents is 1. The molecule has 0 aliphatic rings. The smallest absolute Gasteiger partial charge is 0.271 e. The zero-order valence-corrected chi connectivity index (χ0v) is 5.15. The standard InChI is InChI=1S/C6H6N2O2.BH3/c7-5-2-1-3-6(4-5)8(9)10;/h1-4H,7H2;1H3. The molecule has 0 fully saturated rings. The Balaban J connectivity index is 0.000001000. The van der Waals surface area contributed by atoms with E-state index < -0.39 is 4.92 Å². The highest BCUT2D eigenvalue weighted by molar-refractivity contribution is 5.75. The number of nitro benzene ring substituents is 1. The summed E-state index contributed by atoms with van der Waals surface area (Å²) in [5.41, 5.74) is 5.73. The third-order valence-electron chi connectivity index (χ3n) is 1.08. The van der Waals surface area contributed by atoms with Gasteiger partial charge in [0.1, 0.15) is 0 Å². The molecule has 0 aromatic heterocycles. The van der Waals surface area contributed by atoms with Crippen molar-refractivity contribution in [2.75, 3.05) is 5.73 Å². The first-order chi connectivity index (χ1) is 4.70. The molecule has 5 heteroatoms. The lowest BCUT2D eigenvalue weighted by Gasteiger charge is -1.90. The van der Waals surface area contributed by atoms with Crippen molar-refractivity contribution in [1.82, 2.24) is 0 Å². The number of rotatable bonds is 1. The van der Waals surface area contributed by atoms with Crippen LogP contribution in [0.15, 0.2) is 24.3 Å². The molecule has 0 amide bonds. The highest BCUT2D eigenvalue weighted by Crippen LogP contribution is 2.13. The van der Waals surface area contributed by atoms with Gasteiger partial charge in [-0.25, -0.2) is 0 Å². The van der Waals surface area contributed by atoms with Crippen LogP contribution in [0.1, 0.15) is 0 Å². The van der Waals surface area contributed by atoms with E-state index in [4.69, 9.17) is 5.73 Å². The lowest BCUT2D eigenvalue weighted by molar-refractivity contribution is -0.384. The topological polar surface area (TPSA) is 69.2 Å². The molecule has 0 bridgehead atoms. The summed E-state index contributed by atoms with van der Waals surface area (Å²) in [4.78, 5) is 9.63. The first-order valence-electron chi connectivity index (χ1n) is 2.70. The van der Waals surface area contributed by atoms with Gasteiger partial charge in [0.25, 0.3) is 5.69 Å². The number of anilines is 1. The molecule has 0 saturated heterocycles. The van der Waals surface area contributed by atoms with Crippen molar-refractivity contribution in [2.45, 2.75) is 0 Å². The fourth-order valence-electron chi connectivity index (χ4n) is 0.638. The number of nitro groups is 1. The van der Waals surface area contributed by atoms with E-state index >= 15 is 0 Å². The van der Waals surface area contributed by atoms with Crippen LogP contribution in [0.5, 0.6) is 0 Å². The van der Waals surface area contributed by atoms with Crippen LogP contribution < -0.4 is 5.73 Å². The van der Waals surface area contributed by atoms with Crippen molar-refractivity contribution >= 4 is 19.8 Å². The summed E-state index contributed by atoms with van der Waals surface area (Å²) in [7, 11) is 0. The van der Waals surface area contributed by atoms with Gasteiger partial charge in [-0.15, -0.1) is 0 Å². The van der Waals surface area contributed by atoms with Crippen LogP contribution in [0.25, 0.3) is 0 Å². The molecule has 0 aliphatic heterocycles. The molecule has 0 aliphatic carbocycles. The van der Waals surface area contributed by atoms with Crippen LogP contribution in [-0.2, 0) is 0 Å². The van der Waals surface area contributed by atoms with Gasteiger partial charge in [-0.3, -0.25) is 10.1 Å². The van der Waals surface area contributed by atoms with E-state index in [-0.39, 0.29) is 14.1 Å². The maximum absolute atomic E-state index is 10.1. The van der Waals surface area contributed by atoms with Crippen molar-refractivity contribution in [1.29, 1.82) is 0 Å². The number of hydrogen-bond donors (Lipinski definition) is 1. The molecule has 0 saturated carbocycles. The molecule has 0 spiro atoms. The van der Waals surface area contributed by atoms with Crippen LogP contribution >= 0.6 is 0 Å². The van der Waals surface area contributed by atoms with Gasteiger partial charge in [-0.05, 0) is 6.07 Å². The van der Waals surface area contributed by atoms with E-state index in [0.717, 1.165) is 0 Å². The first-order valence-corrected chi connectivity index (χ1v) is 2.70. The Bertz CT molecular complexity index is 265. The first kappa shape index (κ1) is 9.48. The lowest BCUT2D eigenvalue weighted by Crippen LogP contribution is -1.89. The van der Waals surface area contributed by atoms with Crippen LogP contribution in [0.4, 0.5) is 11.4 Å². The van der Waals surface area contributed by atoms with Gasteiger partial charge in [0.05, 0.1) is 13.3 Å². The van der Waals surface area contributed by atoms with Crippen LogP contribution in [0.3, 0.4) is 0 Å². The normalized spacial score (nSPS) is 8.36. The minimum Gasteiger partial charge on any atom is -0.399 e. The van der Waals surface area contributed by atoms with Crippen LogP contribution in [0.2, 0.25) is 0 Å². The highest BCUT2D eigenvalue weighted by atomic mass is 16.6. The Labute approximate surface area is 65.7 Å². The Morgan fingerprint density at radius 3 is 2.45 bits per heavy atom. The second-order valence-electron chi connectivity index (χ2n) is 1.85. The molecule has 2 N–H and O–H groups in total. The lowest BCUT2D eigenvalue weighted by atomic mass is 10.3. The molecule has 0 atom stereocenters. The fraction of sp³-hybridized carbons (Fsp3) is 0. The van der Waals surface area contributed by atoms with Gasteiger partial charge < -0.3 is 5.73 Å². The second kappa shape index (κ2) is 3.60. The van der Waals surface area contributed by atoms with E-state index in [9.17, 15) is 10.1 Å². The molecular formula is C6H9BN2O2. The van der Waals surface area contributed by atoms with Gasteiger partial charge in [0.2, 0.25) is 0 Å². The average Bonchev–Trinajstić information content (AvgIpc) is 1.88. The predicted molar refractivity (Wildman–Crippen MR) is 47.4 cm³/mol. The monoisotopic (exact) mass is 152 g/mol. The summed E-state index contributed by atoms with van der Waals surface area (Å²) in [6.45, 7) is 0. The number of nitrogens with two attached hydrogens (primary N) is 1. The van der Waals surface area contributed by atoms with Gasteiger partial charge in [0, 0.05) is 17.8 Å². The Morgan fingerprint density at radius 1 is 1.45 bits per heavy atom. The fourth-order valence-corrected chi connectivity index (χ4v) is 0.638. The van der Waals surface area contributed by atoms with E-state index in [2.05, 4.69) is 0 Å². The maximum atomic E-state index is 10.1. The summed E-state index contributed by atoms with van der Waals surface area (Å²) in [5, 5.41) is 10.1. The SMILES string of the molecule is B.Nc1cccc([N+](=O)[O-])c1. The summed E-state index contributed by atoms with van der Waals surface area (Å²) in [5.74, 6) is 0. The average molecular weight is 152 g/mol. The Hall–Kier alpha value is -1.52. The molecule has 11 heavy (non-hydrogen) atoms. The zero-order valence-electron chi connectivity index (χ0n) is 5.15. The zero-order chi connectivity index (χ0) is 7.56. The van der Waals surface area contributed by atoms with Gasteiger partial charge in [-0.2, -0.15) is 0 Å². The van der Waals surface area contributed by atoms with Gasteiger partial charge in [0.15, 0.2) is 0 Å². The molecule has 0 radical (unpaired) electrons. The molecule has 4 nitrogen and oxygen atoms in total. The minimum atomic E-state index is -0.476. The van der Waals surface area contributed by atoms with E-state index in [1.165, 1.54) is 12.1 Å². The predicted octanol–water partition coefficient (Wildman–Crippen LogP) is -0.00690. The van der Waals surface area contributed by atoms with E-state index in [0.29, 0.717) is 5.69 Å². The summed E-state index contributed by atoms with van der Waals surface area (Å²) >= 11 is 0. The van der Waals surface area contributed by atoms with E-state index in [1.54, 1.807) is 12.1 Å². The van der Waals surface area contributed by atoms with Crippen molar-refractivity contribution < 1.29 is 4.92 Å². The molecule has 1 rings (SSSR count). The third-order valence-corrected chi connectivity index (χ3v) is 1.08. The summed E-state index contributed by atoms with van der Waals surface area (Å²) < 4.78 is 0. The molecule has 1 aromatic rings. The number of nitrogens with zero attached hydrogens (tertiary/aromatic N) is 1. The summed E-state index contributed by atoms with van der Waals surface area (Å²) in [6.07, 6.45) is 0. The van der Waals surface area contributed by atoms with Crippen molar-refractivity contribution in [3.8, 4) is 0 Å². The number of hydrogen-bond acceptors (Lipinski definition) is 3. The van der Waals surface area contributed by atoms with Crippen molar-refractivity contribution in [3.05, 3.63) is 34.4 Å². The molecular weight excluding hydrogens is 143 g/mol. The number of nitrogen functional groups attached to an aromatic ring is 1. The van der Waals surface area contributed by atoms with Crippen molar-refractivity contribution in [2.24, 2.45) is 0 Å². The molecule has 0 unspecified atom stereocenters.